The maximum atomic E-state index is 12.6. The number of nitrogens with one attached hydrogen (secondary N) is 2. The first-order chi connectivity index (χ1) is 16.1. The zero-order chi connectivity index (χ0) is 22.8. The average molecular weight is 452 g/mol. The topological polar surface area (TPSA) is 88.6 Å². The smallest absolute Gasteiger partial charge is 0.251 e. The fourth-order valence-corrected chi connectivity index (χ4v) is 5.08. The van der Waals surface area contributed by atoms with Gasteiger partial charge in [0.1, 0.15) is 5.82 Å². The Morgan fingerprint density at radius 1 is 1.06 bits per heavy atom. The van der Waals surface area contributed by atoms with Gasteiger partial charge in [-0.2, -0.15) is 4.98 Å². The Labute approximate surface area is 195 Å². The minimum absolute atomic E-state index is 0.0628. The first-order valence-electron chi connectivity index (χ1n) is 12.1. The molecule has 176 valence electrons. The normalized spacial score (nSPS) is 21.3. The van der Waals surface area contributed by atoms with Gasteiger partial charge < -0.3 is 25.0 Å². The number of aromatic nitrogens is 2. The van der Waals surface area contributed by atoms with Crippen LogP contribution < -0.4 is 25.0 Å². The molecule has 1 fully saturated rings. The molecule has 5 rings (SSSR count). The summed E-state index contributed by atoms with van der Waals surface area (Å²) in [6, 6.07) is 5.70. The van der Waals surface area contributed by atoms with Crippen molar-refractivity contribution in [2.24, 2.45) is 5.92 Å². The molecule has 8 nitrogen and oxygen atoms in total. The third-order valence-electron chi connectivity index (χ3n) is 6.95. The van der Waals surface area contributed by atoms with E-state index in [0.29, 0.717) is 35.6 Å². The average Bonchev–Trinajstić information content (AvgIpc) is 3.31. The minimum atomic E-state index is -0.0628. The van der Waals surface area contributed by atoms with E-state index in [-0.39, 0.29) is 12.7 Å². The second-order valence-corrected chi connectivity index (χ2v) is 9.54. The fraction of sp³-hybridized carbons (Fsp3) is 0.560. The Morgan fingerprint density at radius 3 is 2.67 bits per heavy atom. The maximum Gasteiger partial charge on any atom is 0.251 e. The predicted molar refractivity (Wildman–Crippen MR) is 127 cm³/mol. The number of benzene rings is 1. The van der Waals surface area contributed by atoms with Crippen molar-refractivity contribution in [3.05, 3.63) is 35.0 Å². The lowest BCUT2D eigenvalue weighted by atomic mass is 9.86. The number of fused-ring (bicyclic) bond motifs is 2. The van der Waals surface area contributed by atoms with Crippen LogP contribution in [-0.2, 0) is 12.8 Å². The van der Waals surface area contributed by atoms with Crippen molar-refractivity contribution in [2.75, 3.05) is 37.6 Å². The second kappa shape index (κ2) is 9.45. The van der Waals surface area contributed by atoms with Crippen LogP contribution in [0.1, 0.15) is 60.1 Å². The van der Waals surface area contributed by atoms with Crippen molar-refractivity contribution in [2.45, 2.75) is 57.4 Å². The number of amides is 1. The van der Waals surface area contributed by atoms with Crippen LogP contribution in [0.5, 0.6) is 11.5 Å². The van der Waals surface area contributed by atoms with Crippen LogP contribution in [-0.4, -0.2) is 49.4 Å². The molecule has 1 amide bonds. The molecule has 0 unspecified atom stereocenters. The van der Waals surface area contributed by atoms with E-state index >= 15 is 0 Å². The summed E-state index contributed by atoms with van der Waals surface area (Å²) in [5.41, 5.74) is 3.14. The number of hydrogen-bond donors (Lipinski definition) is 2. The molecule has 0 bridgehead atoms. The van der Waals surface area contributed by atoms with Gasteiger partial charge in [0, 0.05) is 37.8 Å². The number of carbonyl (C=O) groups is 1. The maximum absolute atomic E-state index is 12.6. The summed E-state index contributed by atoms with van der Waals surface area (Å²) in [4.78, 5) is 24.4. The van der Waals surface area contributed by atoms with E-state index in [0.717, 1.165) is 50.3 Å². The third kappa shape index (κ3) is 4.84. The number of anilines is 2. The Kier molecular flexibility index (Phi) is 6.24. The molecule has 1 aromatic heterocycles. The summed E-state index contributed by atoms with van der Waals surface area (Å²) in [6.45, 7) is 0.907. The van der Waals surface area contributed by atoms with Crippen molar-refractivity contribution < 1.29 is 14.3 Å². The summed E-state index contributed by atoms with van der Waals surface area (Å²) >= 11 is 0. The van der Waals surface area contributed by atoms with E-state index in [2.05, 4.69) is 29.6 Å². The van der Waals surface area contributed by atoms with Crippen LogP contribution in [0.2, 0.25) is 0 Å². The van der Waals surface area contributed by atoms with Crippen molar-refractivity contribution in [3.63, 3.8) is 0 Å². The number of hydrogen-bond acceptors (Lipinski definition) is 7. The van der Waals surface area contributed by atoms with Crippen LogP contribution in [0, 0.1) is 5.92 Å². The minimum Gasteiger partial charge on any atom is -0.454 e. The molecule has 8 heteroatoms. The lowest BCUT2D eigenvalue weighted by Crippen LogP contribution is -2.34. The number of rotatable bonds is 6. The molecule has 33 heavy (non-hydrogen) atoms. The van der Waals surface area contributed by atoms with E-state index in [1.165, 1.54) is 24.1 Å². The fourth-order valence-electron chi connectivity index (χ4n) is 5.08. The quantitative estimate of drug-likeness (QED) is 0.694. The zero-order valence-electron chi connectivity index (χ0n) is 19.5. The van der Waals surface area contributed by atoms with Gasteiger partial charge in [-0.15, -0.1) is 0 Å². The molecule has 2 aliphatic carbocycles. The molecule has 2 heterocycles. The van der Waals surface area contributed by atoms with Crippen LogP contribution in [0.25, 0.3) is 0 Å². The highest BCUT2D eigenvalue weighted by Crippen LogP contribution is 2.33. The zero-order valence-corrected chi connectivity index (χ0v) is 19.5. The Hall–Kier alpha value is -3.03. The molecule has 1 aliphatic heterocycles. The number of ether oxygens (including phenoxy) is 2. The number of carbonyl (C=O) groups excluding carboxylic acids is 1. The highest BCUT2D eigenvalue weighted by atomic mass is 16.7. The second-order valence-electron chi connectivity index (χ2n) is 9.54. The van der Waals surface area contributed by atoms with Crippen molar-refractivity contribution >= 4 is 17.7 Å². The highest BCUT2D eigenvalue weighted by molar-refractivity contribution is 5.94. The number of aryl methyl sites for hydroxylation is 1. The van der Waals surface area contributed by atoms with Gasteiger partial charge in [-0.3, -0.25) is 4.79 Å². The molecule has 1 saturated carbocycles. The molecule has 3 aliphatic rings. The van der Waals surface area contributed by atoms with Gasteiger partial charge in [-0.1, -0.05) is 0 Å². The van der Waals surface area contributed by atoms with Crippen LogP contribution in [0.4, 0.5) is 11.8 Å². The number of nitrogens with zero attached hydrogens (tertiary/aromatic N) is 3. The van der Waals surface area contributed by atoms with Crippen molar-refractivity contribution in [1.29, 1.82) is 0 Å². The van der Waals surface area contributed by atoms with Gasteiger partial charge in [0.25, 0.3) is 5.91 Å². The molecule has 2 aromatic rings. The molecule has 0 atom stereocenters. The van der Waals surface area contributed by atoms with Crippen LogP contribution >= 0.6 is 0 Å². The van der Waals surface area contributed by atoms with E-state index < -0.39 is 0 Å². The third-order valence-corrected chi connectivity index (χ3v) is 6.95. The van der Waals surface area contributed by atoms with E-state index in [9.17, 15) is 4.79 Å². The van der Waals surface area contributed by atoms with Gasteiger partial charge in [0.2, 0.25) is 12.7 Å². The highest BCUT2D eigenvalue weighted by Gasteiger charge is 2.25. The van der Waals surface area contributed by atoms with Gasteiger partial charge in [-0.05, 0) is 75.5 Å². The van der Waals surface area contributed by atoms with Gasteiger partial charge >= 0.3 is 0 Å². The lowest BCUT2D eigenvalue weighted by molar-refractivity contribution is 0.0943. The Balaban J connectivity index is 1.13. The molecule has 2 N–H and O–H groups in total. The summed E-state index contributed by atoms with van der Waals surface area (Å²) < 4.78 is 10.7. The lowest BCUT2D eigenvalue weighted by Gasteiger charge is -2.30. The predicted octanol–water partition coefficient (Wildman–Crippen LogP) is 3.55. The summed E-state index contributed by atoms with van der Waals surface area (Å²) in [5, 5.41) is 6.69. The van der Waals surface area contributed by atoms with E-state index in [1.807, 2.05) is 0 Å². The van der Waals surface area contributed by atoms with Crippen LogP contribution in [0.15, 0.2) is 18.2 Å². The summed E-state index contributed by atoms with van der Waals surface area (Å²) in [7, 11) is 4.12. The molecule has 0 radical (unpaired) electrons. The molecular weight excluding hydrogens is 418 g/mol. The Bertz CT molecular complexity index is 1020. The van der Waals surface area contributed by atoms with Gasteiger partial charge in [0.05, 0.1) is 5.69 Å². The summed E-state index contributed by atoms with van der Waals surface area (Å²) in [6.07, 6.45) is 8.81. The van der Waals surface area contributed by atoms with Crippen molar-refractivity contribution in [3.8, 4) is 11.5 Å². The standard InChI is InChI=1S/C25H33N5O3/c1-30(2)23-19-5-3-4-6-20(19)28-25(29-23)27-18-10-7-16(8-11-18)14-26-24(31)17-9-12-21-22(13-17)33-15-32-21/h9,12-13,16,18H,3-8,10-11,14-15H2,1-2H3,(H,26,31)(H,27,28,29). The molecule has 0 saturated heterocycles. The largest absolute Gasteiger partial charge is 0.454 e. The molecular formula is C25H33N5O3. The SMILES string of the molecule is CN(C)c1nc(NC2CCC(CNC(=O)c3ccc4c(c3)OCO4)CC2)nc2c1CCCC2. The van der Waals surface area contributed by atoms with Crippen LogP contribution in [0.3, 0.4) is 0 Å². The summed E-state index contributed by atoms with van der Waals surface area (Å²) in [5.74, 6) is 3.57. The molecule has 0 spiro atoms. The monoisotopic (exact) mass is 451 g/mol. The molecule has 1 aromatic carbocycles. The first kappa shape index (κ1) is 21.8. The van der Waals surface area contributed by atoms with Crippen molar-refractivity contribution in [1.82, 2.24) is 15.3 Å². The van der Waals surface area contributed by atoms with Gasteiger partial charge in [-0.25, -0.2) is 4.98 Å². The van der Waals surface area contributed by atoms with E-state index in [4.69, 9.17) is 19.4 Å². The first-order valence-corrected chi connectivity index (χ1v) is 12.1. The van der Waals surface area contributed by atoms with E-state index in [1.54, 1.807) is 18.2 Å². The van der Waals surface area contributed by atoms with Gasteiger partial charge in [0.15, 0.2) is 11.5 Å². The Morgan fingerprint density at radius 2 is 1.85 bits per heavy atom.